The van der Waals surface area contributed by atoms with Crippen molar-refractivity contribution in [2.45, 2.75) is 26.2 Å². The Bertz CT molecular complexity index is 758. The number of carbonyl (C=O) groups is 2. The molecule has 2 aromatic carbocycles. The molecule has 1 heterocycles. The van der Waals surface area contributed by atoms with Gasteiger partial charge in [-0.25, -0.2) is 0 Å². The lowest BCUT2D eigenvalue weighted by Crippen LogP contribution is -2.42. The zero-order chi connectivity index (χ0) is 16.6. The summed E-state index contributed by atoms with van der Waals surface area (Å²) in [6, 6.07) is 15.0. The Morgan fingerprint density at radius 3 is 2.35 bits per heavy atom. The van der Waals surface area contributed by atoms with E-state index in [0.717, 1.165) is 5.69 Å². The topological polar surface area (TPSA) is 49.4 Å². The summed E-state index contributed by atoms with van der Waals surface area (Å²) in [5, 5.41) is 2.79. The van der Waals surface area contributed by atoms with Crippen molar-refractivity contribution in [2.75, 3.05) is 16.8 Å². The maximum absolute atomic E-state index is 12.8. The molecule has 2 amide bonds. The SMILES string of the molecule is CC(C)(C)c1ccc(C(=O)N2CC(=O)Nc3ccccc32)cc1. The molecule has 0 bridgehead atoms. The van der Waals surface area contributed by atoms with Crippen LogP contribution in [0.2, 0.25) is 0 Å². The number of amides is 2. The maximum Gasteiger partial charge on any atom is 0.258 e. The molecule has 3 rings (SSSR count). The molecule has 1 aliphatic heterocycles. The quantitative estimate of drug-likeness (QED) is 0.875. The monoisotopic (exact) mass is 308 g/mol. The molecular weight excluding hydrogens is 288 g/mol. The summed E-state index contributed by atoms with van der Waals surface area (Å²) < 4.78 is 0. The molecule has 4 nitrogen and oxygen atoms in total. The van der Waals surface area contributed by atoms with Crippen molar-refractivity contribution in [2.24, 2.45) is 0 Å². The van der Waals surface area contributed by atoms with Gasteiger partial charge in [0.25, 0.3) is 5.91 Å². The van der Waals surface area contributed by atoms with E-state index in [1.807, 2.05) is 42.5 Å². The Morgan fingerprint density at radius 1 is 1.04 bits per heavy atom. The number of benzene rings is 2. The molecule has 0 aliphatic carbocycles. The molecule has 1 N–H and O–H groups in total. The van der Waals surface area contributed by atoms with Crippen molar-refractivity contribution in [1.82, 2.24) is 0 Å². The summed E-state index contributed by atoms with van der Waals surface area (Å²) in [6.45, 7) is 6.44. The van der Waals surface area contributed by atoms with Crippen molar-refractivity contribution in [3.63, 3.8) is 0 Å². The lowest BCUT2D eigenvalue weighted by Gasteiger charge is -2.29. The molecule has 0 fully saturated rings. The van der Waals surface area contributed by atoms with Crippen LogP contribution in [0.5, 0.6) is 0 Å². The van der Waals surface area contributed by atoms with Crippen LogP contribution in [0, 0.1) is 0 Å². The van der Waals surface area contributed by atoms with Crippen LogP contribution < -0.4 is 10.2 Å². The summed E-state index contributed by atoms with van der Waals surface area (Å²) in [5.41, 5.74) is 3.20. The first kappa shape index (κ1) is 15.3. The highest BCUT2D eigenvalue weighted by molar-refractivity contribution is 6.15. The normalized spacial score (nSPS) is 14.2. The van der Waals surface area contributed by atoms with E-state index in [1.54, 1.807) is 6.07 Å². The van der Waals surface area contributed by atoms with Gasteiger partial charge in [0.05, 0.1) is 11.4 Å². The van der Waals surface area contributed by atoms with E-state index in [2.05, 4.69) is 26.1 Å². The van der Waals surface area contributed by atoms with E-state index >= 15 is 0 Å². The van der Waals surface area contributed by atoms with Gasteiger partial charge in [0.15, 0.2) is 0 Å². The first-order valence-corrected chi connectivity index (χ1v) is 7.67. The van der Waals surface area contributed by atoms with Crippen molar-refractivity contribution in [3.05, 3.63) is 59.7 Å². The Morgan fingerprint density at radius 2 is 1.70 bits per heavy atom. The van der Waals surface area contributed by atoms with Crippen LogP contribution in [-0.2, 0) is 10.2 Å². The molecule has 0 radical (unpaired) electrons. The number of rotatable bonds is 1. The number of hydrogen-bond donors (Lipinski definition) is 1. The molecular formula is C19H20N2O2. The summed E-state index contributed by atoms with van der Waals surface area (Å²) >= 11 is 0. The molecule has 2 aromatic rings. The minimum absolute atomic E-state index is 0.0386. The average Bonchev–Trinajstić information content (AvgIpc) is 2.52. The van der Waals surface area contributed by atoms with Gasteiger partial charge in [-0.3, -0.25) is 14.5 Å². The van der Waals surface area contributed by atoms with Crippen LogP contribution >= 0.6 is 0 Å². The minimum Gasteiger partial charge on any atom is -0.323 e. The van der Waals surface area contributed by atoms with Gasteiger partial charge in [0.1, 0.15) is 6.54 Å². The number of carbonyl (C=O) groups excluding carboxylic acids is 2. The lowest BCUT2D eigenvalue weighted by atomic mass is 9.86. The average molecular weight is 308 g/mol. The van der Waals surface area contributed by atoms with Gasteiger partial charge in [0, 0.05) is 5.56 Å². The standard InChI is InChI=1S/C19H20N2O2/c1-19(2,3)14-10-8-13(9-11-14)18(23)21-12-17(22)20-15-6-4-5-7-16(15)21/h4-11H,12H2,1-3H3,(H,20,22). The van der Waals surface area contributed by atoms with Crippen LogP contribution in [0.3, 0.4) is 0 Å². The van der Waals surface area contributed by atoms with E-state index in [1.165, 1.54) is 10.5 Å². The predicted molar refractivity (Wildman–Crippen MR) is 91.9 cm³/mol. The highest BCUT2D eigenvalue weighted by Crippen LogP contribution is 2.30. The van der Waals surface area contributed by atoms with E-state index in [-0.39, 0.29) is 23.8 Å². The molecule has 0 saturated carbocycles. The fourth-order valence-corrected chi connectivity index (χ4v) is 2.68. The number of fused-ring (bicyclic) bond motifs is 1. The Hall–Kier alpha value is -2.62. The van der Waals surface area contributed by atoms with Crippen molar-refractivity contribution in [1.29, 1.82) is 0 Å². The van der Waals surface area contributed by atoms with Gasteiger partial charge in [-0.15, -0.1) is 0 Å². The van der Waals surface area contributed by atoms with Crippen LogP contribution in [0.15, 0.2) is 48.5 Å². The zero-order valence-electron chi connectivity index (χ0n) is 13.6. The van der Waals surface area contributed by atoms with E-state index in [4.69, 9.17) is 0 Å². The summed E-state index contributed by atoms with van der Waals surface area (Å²) in [6.07, 6.45) is 0. The van der Waals surface area contributed by atoms with Crippen molar-refractivity contribution in [3.8, 4) is 0 Å². The number of nitrogens with zero attached hydrogens (tertiary/aromatic N) is 1. The highest BCUT2D eigenvalue weighted by Gasteiger charge is 2.27. The van der Waals surface area contributed by atoms with Crippen LogP contribution in [-0.4, -0.2) is 18.4 Å². The largest absolute Gasteiger partial charge is 0.323 e. The highest BCUT2D eigenvalue weighted by atomic mass is 16.2. The predicted octanol–water partition coefficient (Wildman–Crippen LogP) is 3.58. The third-order valence-electron chi connectivity index (χ3n) is 4.01. The Balaban J connectivity index is 1.93. The van der Waals surface area contributed by atoms with Gasteiger partial charge in [0.2, 0.25) is 5.91 Å². The molecule has 0 atom stereocenters. The summed E-state index contributed by atoms with van der Waals surface area (Å²) in [7, 11) is 0. The number of anilines is 2. The fourth-order valence-electron chi connectivity index (χ4n) is 2.68. The maximum atomic E-state index is 12.8. The second-order valence-electron chi connectivity index (χ2n) is 6.78. The molecule has 0 spiro atoms. The Labute approximate surface area is 136 Å². The molecule has 0 saturated heterocycles. The van der Waals surface area contributed by atoms with Crippen LogP contribution in [0.1, 0.15) is 36.7 Å². The van der Waals surface area contributed by atoms with Gasteiger partial charge >= 0.3 is 0 Å². The lowest BCUT2D eigenvalue weighted by molar-refractivity contribution is -0.115. The number of para-hydroxylation sites is 2. The first-order valence-electron chi connectivity index (χ1n) is 7.67. The van der Waals surface area contributed by atoms with Crippen LogP contribution in [0.4, 0.5) is 11.4 Å². The smallest absolute Gasteiger partial charge is 0.258 e. The van der Waals surface area contributed by atoms with E-state index in [9.17, 15) is 9.59 Å². The first-order chi connectivity index (χ1) is 10.9. The summed E-state index contributed by atoms with van der Waals surface area (Å²) in [4.78, 5) is 26.2. The van der Waals surface area contributed by atoms with Gasteiger partial charge in [-0.05, 0) is 35.2 Å². The third kappa shape index (κ3) is 2.97. The molecule has 0 unspecified atom stereocenters. The fraction of sp³-hybridized carbons (Fsp3) is 0.263. The second-order valence-corrected chi connectivity index (χ2v) is 6.78. The number of nitrogens with one attached hydrogen (secondary N) is 1. The second kappa shape index (κ2) is 5.54. The molecule has 23 heavy (non-hydrogen) atoms. The molecule has 118 valence electrons. The number of hydrogen-bond acceptors (Lipinski definition) is 2. The van der Waals surface area contributed by atoms with Gasteiger partial charge in [-0.1, -0.05) is 45.0 Å². The van der Waals surface area contributed by atoms with Gasteiger partial charge < -0.3 is 5.32 Å². The van der Waals surface area contributed by atoms with Crippen LogP contribution in [0.25, 0.3) is 0 Å². The zero-order valence-corrected chi connectivity index (χ0v) is 13.6. The molecule has 4 heteroatoms. The van der Waals surface area contributed by atoms with E-state index in [0.29, 0.717) is 11.3 Å². The van der Waals surface area contributed by atoms with Crippen molar-refractivity contribution < 1.29 is 9.59 Å². The molecule has 1 aliphatic rings. The van der Waals surface area contributed by atoms with Gasteiger partial charge in [-0.2, -0.15) is 0 Å². The van der Waals surface area contributed by atoms with Crippen molar-refractivity contribution >= 4 is 23.2 Å². The third-order valence-corrected chi connectivity index (χ3v) is 4.01. The summed E-state index contributed by atoms with van der Waals surface area (Å²) in [5.74, 6) is -0.337. The van der Waals surface area contributed by atoms with E-state index < -0.39 is 0 Å². The Kier molecular flexibility index (Phi) is 3.68. The minimum atomic E-state index is -0.177. The molecule has 0 aromatic heterocycles.